The zero-order chi connectivity index (χ0) is 15.5. The van der Waals surface area contributed by atoms with Crippen molar-refractivity contribution >= 4 is 11.6 Å². The van der Waals surface area contributed by atoms with Gasteiger partial charge in [0.15, 0.2) is 0 Å². The van der Waals surface area contributed by atoms with Crippen molar-refractivity contribution in [1.29, 1.82) is 0 Å². The average molecular weight is 302 g/mol. The molecule has 1 atom stereocenters. The lowest BCUT2D eigenvalue weighted by Crippen LogP contribution is -2.17. The first-order valence-corrected chi connectivity index (χ1v) is 7.20. The Morgan fingerprint density at radius 1 is 1.41 bits per heavy atom. The van der Waals surface area contributed by atoms with E-state index >= 15 is 0 Å². The van der Waals surface area contributed by atoms with E-state index in [1.807, 2.05) is 6.92 Å². The molecule has 116 valence electrons. The van der Waals surface area contributed by atoms with Gasteiger partial charge in [0.05, 0.1) is 18.8 Å². The molecule has 1 saturated heterocycles. The number of furan rings is 1. The summed E-state index contributed by atoms with van der Waals surface area (Å²) in [5.41, 5.74) is 1.16. The minimum Gasteiger partial charge on any atom is -0.472 e. The molecule has 3 heterocycles. The third-order valence-corrected chi connectivity index (χ3v) is 3.45. The van der Waals surface area contributed by atoms with Crippen LogP contribution in [-0.4, -0.2) is 30.2 Å². The van der Waals surface area contributed by atoms with E-state index in [0.29, 0.717) is 41.9 Å². The molecule has 0 saturated carbocycles. The number of hydrogen-bond donors (Lipinski definition) is 1. The molecule has 1 N–H and O–H groups in total. The van der Waals surface area contributed by atoms with Crippen molar-refractivity contribution in [2.24, 2.45) is 0 Å². The fraction of sp³-hybridized carbons (Fsp3) is 0.375. The van der Waals surface area contributed by atoms with Crippen LogP contribution in [-0.2, 0) is 4.74 Å². The van der Waals surface area contributed by atoms with Gasteiger partial charge in [0.1, 0.15) is 17.6 Å². The minimum absolute atomic E-state index is 0.0252. The zero-order valence-corrected chi connectivity index (χ0v) is 12.6. The first-order valence-electron chi connectivity index (χ1n) is 7.20. The normalized spacial score (nSPS) is 17.5. The van der Waals surface area contributed by atoms with Crippen LogP contribution in [0.5, 0.6) is 5.88 Å². The van der Waals surface area contributed by atoms with E-state index in [1.54, 1.807) is 31.3 Å². The molecule has 0 bridgehead atoms. The van der Waals surface area contributed by atoms with Crippen molar-refractivity contribution in [3.05, 3.63) is 41.5 Å². The molecule has 0 aromatic carbocycles. The van der Waals surface area contributed by atoms with Gasteiger partial charge in [-0.3, -0.25) is 4.79 Å². The fourth-order valence-corrected chi connectivity index (χ4v) is 2.38. The molecule has 6 nitrogen and oxygen atoms in total. The summed E-state index contributed by atoms with van der Waals surface area (Å²) >= 11 is 0. The highest BCUT2D eigenvalue weighted by molar-refractivity contribution is 6.05. The van der Waals surface area contributed by atoms with Crippen LogP contribution >= 0.6 is 0 Å². The molecule has 0 radical (unpaired) electrons. The summed E-state index contributed by atoms with van der Waals surface area (Å²) in [6.45, 7) is 4.86. The average Bonchev–Trinajstić information content (AvgIpc) is 3.09. The van der Waals surface area contributed by atoms with Crippen LogP contribution in [0, 0.1) is 13.8 Å². The van der Waals surface area contributed by atoms with Crippen LogP contribution in [0.2, 0.25) is 0 Å². The SMILES string of the molecule is Cc1cc(C(=O)Nc2ccnc(OC3CCOC3)c2)c(C)o1. The smallest absolute Gasteiger partial charge is 0.259 e. The molecule has 1 aliphatic heterocycles. The first kappa shape index (κ1) is 14.6. The number of carbonyl (C=O) groups excluding carboxylic acids is 1. The van der Waals surface area contributed by atoms with Crippen LogP contribution < -0.4 is 10.1 Å². The highest BCUT2D eigenvalue weighted by Gasteiger charge is 2.18. The Morgan fingerprint density at radius 2 is 2.27 bits per heavy atom. The number of aromatic nitrogens is 1. The molecule has 1 amide bonds. The monoisotopic (exact) mass is 302 g/mol. The first-order chi connectivity index (χ1) is 10.6. The molecule has 6 heteroatoms. The largest absolute Gasteiger partial charge is 0.472 e. The molecule has 1 fully saturated rings. The lowest BCUT2D eigenvalue weighted by Gasteiger charge is -2.11. The molecule has 0 spiro atoms. The lowest BCUT2D eigenvalue weighted by atomic mass is 10.2. The highest BCUT2D eigenvalue weighted by atomic mass is 16.5. The Hall–Kier alpha value is -2.34. The molecule has 22 heavy (non-hydrogen) atoms. The standard InChI is InChI=1S/C16H18N2O4/c1-10-7-14(11(2)21-10)16(19)18-12-3-5-17-15(8-12)22-13-4-6-20-9-13/h3,5,7-8,13H,4,6,9H2,1-2H3,(H,17,18,19). The van der Waals surface area contributed by atoms with Gasteiger partial charge in [0.25, 0.3) is 5.91 Å². The molecular weight excluding hydrogens is 284 g/mol. The maximum Gasteiger partial charge on any atom is 0.259 e. The van der Waals surface area contributed by atoms with Crippen LogP contribution in [0.1, 0.15) is 28.3 Å². The van der Waals surface area contributed by atoms with Crippen LogP contribution in [0.4, 0.5) is 5.69 Å². The van der Waals surface area contributed by atoms with Gasteiger partial charge in [-0.15, -0.1) is 0 Å². The van der Waals surface area contributed by atoms with Gasteiger partial charge >= 0.3 is 0 Å². The molecule has 2 aromatic heterocycles. The van der Waals surface area contributed by atoms with Crippen molar-refractivity contribution in [2.75, 3.05) is 18.5 Å². The fourth-order valence-electron chi connectivity index (χ4n) is 2.38. The van der Waals surface area contributed by atoms with E-state index in [9.17, 15) is 4.79 Å². The number of ether oxygens (including phenoxy) is 2. The quantitative estimate of drug-likeness (QED) is 0.940. The number of anilines is 1. The number of rotatable bonds is 4. The maximum atomic E-state index is 12.3. The van der Waals surface area contributed by atoms with Gasteiger partial charge in [-0.1, -0.05) is 0 Å². The Balaban J connectivity index is 1.69. The Bertz CT molecular complexity index is 675. The number of hydrogen-bond acceptors (Lipinski definition) is 5. The highest BCUT2D eigenvalue weighted by Crippen LogP contribution is 2.20. The number of amides is 1. The summed E-state index contributed by atoms with van der Waals surface area (Å²) < 4.78 is 16.4. The van der Waals surface area contributed by atoms with E-state index in [2.05, 4.69) is 10.3 Å². The molecule has 1 aliphatic rings. The van der Waals surface area contributed by atoms with Crippen LogP contribution in [0.3, 0.4) is 0 Å². The summed E-state index contributed by atoms with van der Waals surface area (Å²) in [4.78, 5) is 16.4. The molecule has 1 unspecified atom stereocenters. The number of aryl methyl sites for hydroxylation is 2. The Morgan fingerprint density at radius 3 is 2.95 bits per heavy atom. The van der Waals surface area contributed by atoms with E-state index in [4.69, 9.17) is 13.9 Å². The summed E-state index contributed by atoms with van der Waals surface area (Å²) in [7, 11) is 0. The minimum atomic E-state index is -0.212. The molecular formula is C16H18N2O4. The molecule has 2 aromatic rings. The predicted molar refractivity (Wildman–Crippen MR) is 80.2 cm³/mol. The van der Waals surface area contributed by atoms with Gasteiger partial charge in [-0.2, -0.15) is 0 Å². The number of carbonyl (C=O) groups is 1. The van der Waals surface area contributed by atoms with E-state index in [0.717, 1.165) is 6.42 Å². The number of nitrogens with zero attached hydrogens (tertiary/aromatic N) is 1. The van der Waals surface area contributed by atoms with Crippen LogP contribution in [0.25, 0.3) is 0 Å². The second-order valence-corrected chi connectivity index (χ2v) is 5.27. The number of nitrogens with one attached hydrogen (secondary N) is 1. The molecule has 0 aliphatic carbocycles. The van der Waals surface area contributed by atoms with Crippen molar-refractivity contribution < 1.29 is 18.7 Å². The van der Waals surface area contributed by atoms with E-state index < -0.39 is 0 Å². The Labute approximate surface area is 128 Å². The van der Waals surface area contributed by atoms with Gasteiger partial charge in [-0.25, -0.2) is 4.98 Å². The summed E-state index contributed by atoms with van der Waals surface area (Å²) in [5.74, 6) is 1.58. The zero-order valence-electron chi connectivity index (χ0n) is 12.6. The van der Waals surface area contributed by atoms with Gasteiger partial charge in [0, 0.05) is 24.4 Å². The number of pyridine rings is 1. The third-order valence-electron chi connectivity index (χ3n) is 3.45. The van der Waals surface area contributed by atoms with Crippen molar-refractivity contribution in [3.63, 3.8) is 0 Å². The van der Waals surface area contributed by atoms with Gasteiger partial charge in [0.2, 0.25) is 5.88 Å². The van der Waals surface area contributed by atoms with Gasteiger partial charge < -0.3 is 19.2 Å². The Kier molecular flexibility index (Phi) is 4.11. The van der Waals surface area contributed by atoms with Crippen molar-refractivity contribution in [1.82, 2.24) is 4.98 Å². The van der Waals surface area contributed by atoms with Crippen molar-refractivity contribution in [2.45, 2.75) is 26.4 Å². The van der Waals surface area contributed by atoms with Crippen LogP contribution in [0.15, 0.2) is 28.8 Å². The lowest BCUT2D eigenvalue weighted by molar-refractivity contribution is 0.102. The maximum absolute atomic E-state index is 12.3. The summed E-state index contributed by atoms with van der Waals surface area (Å²) in [5, 5.41) is 2.83. The second-order valence-electron chi connectivity index (χ2n) is 5.27. The predicted octanol–water partition coefficient (Wildman–Crippen LogP) is 2.71. The van der Waals surface area contributed by atoms with Crippen molar-refractivity contribution in [3.8, 4) is 5.88 Å². The van der Waals surface area contributed by atoms with Gasteiger partial charge in [-0.05, 0) is 26.0 Å². The topological polar surface area (TPSA) is 73.6 Å². The third kappa shape index (κ3) is 3.28. The van der Waals surface area contributed by atoms with E-state index in [-0.39, 0.29) is 12.0 Å². The summed E-state index contributed by atoms with van der Waals surface area (Å²) in [6.07, 6.45) is 2.48. The summed E-state index contributed by atoms with van der Waals surface area (Å²) in [6, 6.07) is 5.15. The second kappa shape index (κ2) is 6.19. The van der Waals surface area contributed by atoms with E-state index in [1.165, 1.54) is 0 Å². The molecule has 3 rings (SSSR count).